The van der Waals surface area contributed by atoms with Crippen molar-refractivity contribution in [2.75, 3.05) is 19.6 Å². The van der Waals surface area contributed by atoms with Crippen molar-refractivity contribution in [2.24, 2.45) is 5.10 Å². The minimum atomic E-state index is 0.724. The number of thiazole rings is 1. The number of hydrazone groups is 1. The van der Waals surface area contributed by atoms with E-state index in [9.17, 15) is 0 Å². The third-order valence-corrected chi connectivity index (χ3v) is 5.29. The SMILES string of the molecule is COc1ccc(OC)c(-c2csc(N/N=C(/C)c3c(C)cc(C)cc3C)n2)c1. The Morgan fingerprint density at radius 2 is 1.75 bits per heavy atom. The van der Waals surface area contributed by atoms with Gasteiger partial charge in [-0.1, -0.05) is 17.7 Å². The maximum Gasteiger partial charge on any atom is 0.203 e. The summed E-state index contributed by atoms with van der Waals surface area (Å²) in [7, 11) is 3.29. The standard InChI is InChI=1S/C22H25N3O2S/c1-13-9-14(2)21(15(3)10-13)16(4)24-25-22-23-19(12-28-22)18-11-17(26-5)7-8-20(18)27-6/h7-12H,1-6H3,(H,23,25)/b24-16-. The first kappa shape index (κ1) is 19.9. The van der Waals surface area contributed by atoms with E-state index in [1.165, 1.54) is 33.6 Å². The molecule has 2 aromatic carbocycles. The Bertz CT molecular complexity index is 1000. The fourth-order valence-corrected chi connectivity index (χ4v) is 4.05. The first-order valence-corrected chi connectivity index (χ1v) is 9.87. The second-order valence-electron chi connectivity index (χ2n) is 6.69. The maximum atomic E-state index is 5.46. The van der Waals surface area contributed by atoms with Gasteiger partial charge in [-0.2, -0.15) is 5.10 Å². The molecule has 0 aliphatic rings. The molecule has 1 aromatic heterocycles. The van der Waals surface area contributed by atoms with Gasteiger partial charge in [0.25, 0.3) is 0 Å². The van der Waals surface area contributed by atoms with Crippen LogP contribution in [0.15, 0.2) is 40.8 Å². The molecule has 1 N–H and O–H groups in total. The molecule has 1 heterocycles. The summed E-state index contributed by atoms with van der Waals surface area (Å²) in [6.07, 6.45) is 0. The molecule has 0 aliphatic carbocycles. The molecule has 0 atom stereocenters. The molecule has 0 saturated carbocycles. The molecule has 28 heavy (non-hydrogen) atoms. The Kier molecular flexibility index (Phi) is 5.99. The minimum Gasteiger partial charge on any atom is -0.497 e. The second kappa shape index (κ2) is 8.44. The average Bonchev–Trinajstić information content (AvgIpc) is 3.14. The van der Waals surface area contributed by atoms with Crippen molar-refractivity contribution in [3.63, 3.8) is 0 Å². The third kappa shape index (κ3) is 4.17. The second-order valence-corrected chi connectivity index (χ2v) is 7.54. The van der Waals surface area contributed by atoms with Crippen molar-refractivity contribution in [1.82, 2.24) is 4.98 Å². The molecule has 0 spiro atoms. The Morgan fingerprint density at radius 3 is 2.39 bits per heavy atom. The van der Waals surface area contributed by atoms with E-state index >= 15 is 0 Å². The number of ether oxygens (including phenoxy) is 2. The Balaban J connectivity index is 1.85. The number of methoxy groups -OCH3 is 2. The quantitative estimate of drug-likeness (QED) is 0.437. The van der Waals surface area contributed by atoms with Gasteiger partial charge in [-0.25, -0.2) is 4.98 Å². The highest BCUT2D eigenvalue weighted by Crippen LogP contribution is 2.35. The van der Waals surface area contributed by atoms with Gasteiger partial charge in [0.15, 0.2) is 0 Å². The summed E-state index contributed by atoms with van der Waals surface area (Å²) in [5.74, 6) is 1.51. The van der Waals surface area contributed by atoms with Crippen LogP contribution >= 0.6 is 11.3 Å². The first-order chi connectivity index (χ1) is 13.4. The zero-order valence-corrected chi connectivity index (χ0v) is 17.9. The number of hydrogen-bond donors (Lipinski definition) is 1. The number of nitrogens with zero attached hydrogens (tertiary/aromatic N) is 2. The zero-order chi connectivity index (χ0) is 20.3. The number of rotatable bonds is 6. The number of aryl methyl sites for hydroxylation is 3. The fraction of sp³-hybridized carbons (Fsp3) is 0.273. The van der Waals surface area contributed by atoms with Crippen LogP contribution in [-0.2, 0) is 0 Å². The smallest absolute Gasteiger partial charge is 0.203 e. The third-order valence-electron chi connectivity index (χ3n) is 4.54. The van der Waals surface area contributed by atoms with Crippen LogP contribution in [0.3, 0.4) is 0 Å². The number of hydrogen-bond acceptors (Lipinski definition) is 6. The molecule has 146 valence electrons. The molecule has 0 bridgehead atoms. The van der Waals surface area contributed by atoms with Crippen molar-refractivity contribution in [2.45, 2.75) is 27.7 Å². The van der Waals surface area contributed by atoms with Crippen molar-refractivity contribution >= 4 is 22.2 Å². The molecule has 0 aliphatic heterocycles. The highest BCUT2D eigenvalue weighted by atomic mass is 32.1. The summed E-state index contributed by atoms with van der Waals surface area (Å²) >= 11 is 1.50. The molecule has 0 radical (unpaired) electrons. The van der Waals surface area contributed by atoms with E-state index in [-0.39, 0.29) is 0 Å². The number of nitrogens with one attached hydrogen (secondary N) is 1. The highest BCUT2D eigenvalue weighted by molar-refractivity contribution is 7.14. The van der Waals surface area contributed by atoms with Crippen molar-refractivity contribution in [3.8, 4) is 22.8 Å². The summed E-state index contributed by atoms with van der Waals surface area (Å²) < 4.78 is 10.8. The van der Waals surface area contributed by atoms with E-state index in [0.29, 0.717) is 0 Å². The summed E-state index contributed by atoms with van der Waals surface area (Å²) in [6.45, 7) is 8.35. The van der Waals surface area contributed by atoms with Gasteiger partial charge in [-0.05, 0) is 57.0 Å². The van der Waals surface area contributed by atoms with Gasteiger partial charge in [-0.3, -0.25) is 5.43 Å². The average molecular weight is 396 g/mol. The molecule has 0 amide bonds. The maximum absolute atomic E-state index is 5.46. The summed E-state index contributed by atoms with van der Waals surface area (Å²) in [5.41, 5.74) is 10.6. The van der Waals surface area contributed by atoms with Crippen molar-refractivity contribution < 1.29 is 9.47 Å². The van der Waals surface area contributed by atoms with E-state index < -0.39 is 0 Å². The molecule has 6 heteroatoms. The molecular weight excluding hydrogens is 370 g/mol. The number of anilines is 1. The summed E-state index contributed by atoms with van der Waals surface area (Å²) in [6, 6.07) is 10.0. The number of benzene rings is 2. The van der Waals surface area contributed by atoms with Crippen molar-refractivity contribution in [1.29, 1.82) is 0 Å². The monoisotopic (exact) mass is 395 g/mol. The molecule has 0 unspecified atom stereocenters. The molecule has 0 saturated heterocycles. The van der Waals surface area contributed by atoms with Gasteiger partial charge in [0.05, 0.1) is 25.6 Å². The molecule has 0 fully saturated rings. The van der Waals surface area contributed by atoms with Crippen LogP contribution in [0.5, 0.6) is 11.5 Å². The van der Waals surface area contributed by atoms with Crippen molar-refractivity contribution in [3.05, 3.63) is 58.0 Å². The molecule has 3 rings (SSSR count). The van der Waals surface area contributed by atoms with E-state index in [0.717, 1.165) is 33.6 Å². The predicted molar refractivity (Wildman–Crippen MR) is 117 cm³/mol. The Morgan fingerprint density at radius 1 is 1.04 bits per heavy atom. The van der Waals surface area contributed by atoms with E-state index in [1.54, 1.807) is 14.2 Å². The van der Waals surface area contributed by atoms with Crippen LogP contribution in [0, 0.1) is 20.8 Å². The molecule has 5 nitrogen and oxygen atoms in total. The Labute approximate surface area is 170 Å². The van der Waals surface area contributed by atoms with Gasteiger partial charge in [0.2, 0.25) is 5.13 Å². The van der Waals surface area contributed by atoms with Crippen LogP contribution in [0.2, 0.25) is 0 Å². The van der Waals surface area contributed by atoms with Crippen LogP contribution in [-0.4, -0.2) is 24.9 Å². The van der Waals surface area contributed by atoms with Gasteiger partial charge in [-0.15, -0.1) is 11.3 Å². The predicted octanol–water partition coefficient (Wildman–Crippen LogP) is 5.59. The normalized spacial score (nSPS) is 11.4. The van der Waals surface area contributed by atoms with Gasteiger partial charge < -0.3 is 9.47 Å². The minimum absolute atomic E-state index is 0.724. The number of aromatic nitrogens is 1. The summed E-state index contributed by atoms with van der Waals surface area (Å²) in [4.78, 5) is 4.65. The summed E-state index contributed by atoms with van der Waals surface area (Å²) in [5, 5.41) is 7.26. The fourth-order valence-electron chi connectivity index (χ4n) is 3.40. The lowest BCUT2D eigenvalue weighted by atomic mass is 9.97. The van der Waals surface area contributed by atoms with Crippen LogP contribution in [0.4, 0.5) is 5.13 Å². The largest absolute Gasteiger partial charge is 0.497 e. The first-order valence-electron chi connectivity index (χ1n) is 8.99. The Hall–Kier alpha value is -2.86. The lowest BCUT2D eigenvalue weighted by molar-refractivity contribution is 0.404. The molecule has 3 aromatic rings. The zero-order valence-electron chi connectivity index (χ0n) is 17.1. The van der Waals surface area contributed by atoms with Crippen LogP contribution in [0.1, 0.15) is 29.2 Å². The van der Waals surface area contributed by atoms with Gasteiger partial charge in [0.1, 0.15) is 11.5 Å². The van der Waals surface area contributed by atoms with Crippen LogP contribution in [0.25, 0.3) is 11.3 Å². The lowest BCUT2D eigenvalue weighted by Crippen LogP contribution is -2.05. The highest BCUT2D eigenvalue weighted by Gasteiger charge is 2.12. The van der Waals surface area contributed by atoms with E-state index in [4.69, 9.17) is 9.47 Å². The lowest BCUT2D eigenvalue weighted by Gasteiger charge is -2.11. The van der Waals surface area contributed by atoms with Crippen LogP contribution < -0.4 is 14.9 Å². The van der Waals surface area contributed by atoms with E-state index in [1.807, 2.05) is 30.5 Å². The van der Waals surface area contributed by atoms with E-state index in [2.05, 4.69) is 48.4 Å². The van der Waals surface area contributed by atoms with Gasteiger partial charge >= 0.3 is 0 Å². The van der Waals surface area contributed by atoms with Gasteiger partial charge in [0, 0.05) is 16.5 Å². The molecular formula is C22H25N3O2S. The topological polar surface area (TPSA) is 55.7 Å².